The third-order valence-electron chi connectivity index (χ3n) is 16.6. The van der Waals surface area contributed by atoms with Crippen LogP contribution in [0, 0.1) is 45.3 Å². The molecule has 6 aliphatic rings. The van der Waals surface area contributed by atoms with Crippen LogP contribution in [0.15, 0.2) is 11.6 Å². The predicted octanol–water partition coefficient (Wildman–Crippen LogP) is 1.72. The summed E-state index contributed by atoms with van der Waals surface area (Å²) in [7, 11) is 0. The fourth-order valence-corrected chi connectivity index (χ4v) is 13.0. The van der Waals surface area contributed by atoms with Crippen LogP contribution >= 0.6 is 0 Å². The number of ether oxygens (including phenoxy) is 4. The van der Waals surface area contributed by atoms with Gasteiger partial charge in [0, 0.05) is 17.3 Å². The lowest BCUT2D eigenvalue weighted by Gasteiger charge is -2.68. The molecule has 2 saturated heterocycles. The van der Waals surface area contributed by atoms with Gasteiger partial charge < -0.3 is 64.9 Å². The molecule has 0 aromatic carbocycles. The van der Waals surface area contributed by atoms with Crippen molar-refractivity contribution in [1.82, 2.24) is 0 Å². The van der Waals surface area contributed by atoms with Gasteiger partial charge in [0.25, 0.3) is 0 Å². The number of aliphatic hydroxyl groups excluding tert-OH is 8. The summed E-state index contributed by atoms with van der Waals surface area (Å²) in [4.78, 5) is 12.7. The molecule has 1 unspecified atom stereocenters. The Hall–Kier alpha value is -1.11. The van der Waals surface area contributed by atoms with E-state index in [-0.39, 0.29) is 34.4 Å². The van der Waals surface area contributed by atoms with Crippen LogP contribution in [0.3, 0.4) is 0 Å². The lowest BCUT2D eigenvalue weighted by molar-refractivity contribution is -0.340. The monoisotopic (exact) mass is 812 g/mol. The average molecular weight is 813 g/mol. The summed E-state index contributed by atoms with van der Waals surface area (Å²) in [5.74, 6) is 0.800. The Morgan fingerprint density at radius 3 is 2.12 bits per heavy atom. The first kappa shape index (κ1) is 45.4. The molecular weight excluding hydrogens is 740 g/mol. The van der Waals surface area contributed by atoms with Crippen LogP contribution in [-0.2, 0) is 23.7 Å². The summed E-state index contributed by atoms with van der Waals surface area (Å²) in [6, 6.07) is 0. The maximum absolute atomic E-state index is 12.7. The van der Waals surface area contributed by atoms with E-state index in [9.17, 15) is 50.8 Å². The molecule has 0 aromatic rings. The van der Waals surface area contributed by atoms with Crippen molar-refractivity contribution < 1.29 is 69.7 Å². The van der Waals surface area contributed by atoms with E-state index in [1.54, 1.807) is 13.8 Å². The lowest BCUT2D eigenvalue weighted by Crippen LogP contribution is -2.65. The van der Waals surface area contributed by atoms with Gasteiger partial charge in [0.2, 0.25) is 0 Å². The van der Waals surface area contributed by atoms with Crippen LogP contribution in [0.5, 0.6) is 0 Å². The molecule has 19 atom stereocenters. The lowest BCUT2D eigenvalue weighted by atomic mass is 9.37. The zero-order valence-electron chi connectivity index (χ0n) is 35.2. The molecule has 14 heteroatoms. The van der Waals surface area contributed by atoms with Crippen molar-refractivity contribution in [2.24, 2.45) is 45.3 Å². The fourth-order valence-electron chi connectivity index (χ4n) is 13.0. The zero-order chi connectivity index (χ0) is 42.2. The van der Waals surface area contributed by atoms with E-state index in [1.165, 1.54) is 5.57 Å². The predicted molar refractivity (Wildman–Crippen MR) is 206 cm³/mol. The molecule has 0 bridgehead atoms. The molecule has 0 amide bonds. The van der Waals surface area contributed by atoms with E-state index in [2.05, 4.69) is 47.6 Å². The summed E-state index contributed by atoms with van der Waals surface area (Å²) >= 11 is 0. The molecule has 2 aliphatic heterocycles. The van der Waals surface area contributed by atoms with E-state index in [4.69, 9.17) is 18.9 Å². The normalized spacial score (nSPS) is 49.0. The molecule has 4 aliphatic carbocycles. The number of aliphatic hydroxyl groups is 9. The minimum absolute atomic E-state index is 0.00337. The Labute approximate surface area is 337 Å². The van der Waals surface area contributed by atoms with E-state index < -0.39 is 103 Å². The van der Waals surface area contributed by atoms with Crippen molar-refractivity contribution in [3.05, 3.63) is 11.6 Å². The Kier molecular flexibility index (Phi) is 13.0. The fraction of sp³-hybridized carbons (Fsp3) is 0.930. The van der Waals surface area contributed by atoms with Crippen LogP contribution in [0.4, 0.5) is 0 Å². The van der Waals surface area contributed by atoms with Gasteiger partial charge >= 0.3 is 0 Å². The molecule has 3 saturated carbocycles. The number of rotatable bonds is 12. The molecule has 2 heterocycles. The first-order valence-electron chi connectivity index (χ1n) is 21.4. The second kappa shape index (κ2) is 16.3. The van der Waals surface area contributed by atoms with E-state index in [1.807, 2.05) is 0 Å². The third-order valence-corrected chi connectivity index (χ3v) is 16.6. The molecular formula is C43H72O14. The highest BCUT2D eigenvalue weighted by Gasteiger charge is 2.71. The Morgan fingerprint density at radius 2 is 1.51 bits per heavy atom. The van der Waals surface area contributed by atoms with Gasteiger partial charge in [0.05, 0.1) is 25.4 Å². The second-order valence-electron chi connectivity index (χ2n) is 20.1. The maximum Gasteiger partial charge on any atom is 0.187 e. The van der Waals surface area contributed by atoms with Crippen molar-refractivity contribution in [2.45, 2.75) is 192 Å². The number of carbonyl (C=O) groups excluding carboxylic acids is 1. The van der Waals surface area contributed by atoms with Gasteiger partial charge in [0.15, 0.2) is 18.4 Å². The van der Waals surface area contributed by atoms with Gasteiger partial charge in [-0.1, -0.05) is 53.2 Å². The molecule has 5 fully saturated rings. The van der Waals surface area contributed by atoms with Gasteiger partial charge in [-0.15, -0.1) is 0 Å². The summed E-state index contributed by atoms with van der Waals surface area (Å²) < 4.78 is 23.6. The molecule has 0 aromatic heterocycles. The van der Waals surface area contributed by atoms with E-state index in [0.29, 0.717) is 31.6 Å². The quantitative estimate of drug-likeness (QED) is 0.128. The van der Waals surface area contributed by atoms with Gasteiger partial charge in [-0.2, -0.15) is 0 Å². The van der Waals surface area contributed by atoms with E-state index in [0.717, 1.165) is 32.1 Å². The van der Waals surface area contributed by atoms with Crippen molar-refractivity contribution >= 4 is 5.78 Å². The smallest absolute Gasteiger partial charge is 0.187 e. The number of hydrogen-bond acceptors (Lipinski definition) is 14. The first-order valence-corrected chi connectivity index (χ1v) is 21.4. The molecule has 9 N–H and O–H groups in total. The second-order valence-corrected chi connectivity index (χ2v) is 20.1. The number of carbonyl (C=O) groups is 1. The molecule has 57 heavy (non-hydrogen) atoms. The molecule has 14 nitrogen and oxygen atoms in total. The summed E-state index contributed by atoms with van der Waals surface area (Å²) in [6.07, 6.45) is -6.66. The molecule has 0 spiro atoms. The number of fused-ring (bicyclic) bond motifs is 5. The van der Waals surface area contributed by atoms with Crippen molar-refractivity contribution in [3.8, 4) is 0 Å². The summed E-state index contributed by atoms with van der Waals surface area (Å²) in [5.41, 5.74) is -1.21. The topological polar surface area (TPSA) is 236 Å². The number of hydrogen-bond donors (Lipinski definition) is 9. The van der Waals surface area contributed by atoms with Crippen LogP contribution in [0.25, 0.3) is 0 Å². The summed E-state index contributed by atoms with van der Waals surface area (Å²) in [5, 5.41) is 95.8. The van der Waals surface area contributed by atoms with Crippen LogP contribution in [-0.4, -0.2) is 144 Å². The van der Waals surface area contributed by atoms with Crippen LogP contribution in [0.2, 0.25) is 0 Å². The first-order chi connectivity index (χ1) is 26.5. The average Bonchev–Trinajstić information content (AvgIpc) is 3.45. The Morgan fingerprint density at radius 1 is 0.895 bits per heavy atom. The van der Waals surface area contributed by atoms with E-state index >= 15 is 0 Å². The number of allylic oxidation sites excluding steroid dienone is 1. The van der Waals surface area contributed by atoms with Crippen molar-refractivity contribution in [3.63, 3.8) is 0 Å². The van der Waals surface area contributed by atoms with Crippen LogP contribution in [0.1, 0.15) is 113 Å². The minimum atomic E-state index is -1.67. The molecule has 0 radical (unpaired) electrons. The van der Waals surface area contributed by atoms with Gasteiger partial charge in [-0.3, -0.25) is 4.79 Å². The highest BCUT2D eigenvalue weighted by Crippen LogP contribution is 2.76. The highest BCUT2D eigenvalue weighted by atomic mass is 16.7. The standard InChI is InChI=1S/C43H72O14/c1-9-43-17-16-22(21(2)10-14-28(45)40(5,6)53)41(43,7)18-29(46)42(8)24-12-15-30(39(3,4)23(24)11-13-27(42)43)57-38-36(52)34(50)32(48)26(56-38)20-54-37-35(51)33(49)31(47)25(19-44)55-37/h11,21-22,24-27,29-38,44,46-53H,9-10,12-20H2,1-8H3/t21-,22-,24-,25-,26-,27?,29-,30+,31-,32-,33+,34+,35-,36-,37-,38+,41-,42+,43+/m1/s1. The number of ketones is 1. The minimum Gasteiger partial charge on any atom is -0.394 e. The van der Waals surface area contributed by atoms with Gasteiger partial charge in [-0.05, 0) is 99.7 Å². The van der Waals surface area contributed by atoms with Crippen molar-refractivity contribution in [1.29, 1.82) is 0 Å². The van der Waals surface area contributed by atoms with Crippen LogP contribution < -0.4 is 0 Å². The third kappa shape index (κ3) is 7.42. The van der Waals surface area contributed by atoms with Crippen molar-refractivity contribution in [2.75, 3.05) is 13.2 Å². The van der Waals surface area contributed by atoms with Gasteiger partial charge in [0.1, 0.15) is 54.4 Å². The maximum atomic E-state index is 12.7. The Balaban J connectivity index is 1.18. The molecule has 6 rings (SSSR count). The summed E-state index contributed by atoms with van der Waals surface area (Å²) in [6.45, 7) is 15.5. The largest absolute Gasteiger partial charge is 0.394 e. The SMILES string of the molecule is CC[C@@]12CC[C@H]([C@H](C)CCC(=O)C(C)(C)O)[C@@]1(C)C[C@@H](O)[C@]1(C)C2CC=C2[C@H]1CC[C@H](O[C@@H]1O[C@H](CO[C@@H]3O[C@H](CO)[C@@H](O)[C@H](O)[C@H]3O)[C@@H](O)[C@H](O)[C@H]1O)C2(C)C. The number of Topliss-reactive ketones (excluding diaryl/α,β-unsaturated/α-hetero) is 1. The Bertz CT molecular complexity index is 1460. The molecule has 328 valence electrons. The zero-order valence-corrected chi connectivity index (χ0v) is 35.2. The van der Waals surface area contributed by atoms with Gasteiger partial charge in [-0.25, -0.2) is 0 Å². The highest BCUT2D eigenvalue weighted by molar-refractivity contribution is 5.86.